The molecule has 3 aromatic rings. The first-order valence-corrected chi connectivity index (χ1v) is 9.32. The molecular weight excluding hydrogens is 386 g/mol. The highest BCUT2D eigenvalue weighted by Gasteiger charge is 2.31. The number of para-hydroxylation sites is 3. The summed E-state index contributed by atoms with van der Waals surface area (Å²) in [5.41, 5.74) is 3.50. The average molecular weight is 403 g/mol. The molecule has 0 saturated heterocycles. The summed E-state index contributed by atoms with van der Waals surface area (Å²) in [6.07, 6.45) is 1.44. The fourth-order valence-electron chi connectivity index (χ4n) is 3.02. The third-order valence-electron chi connectivity index (χ3n) is 4.41. The number of nitro benzene ring substituents is 1. The van der Waals surface area contributed by atoms with Gasteiger partial charge in [0.2, 0.25) is 0 Å². The Hall–Kier alpha value is -3.78. The Morgan fingerprint density at radius 3 is 2.48 bits per heavy atom. The molecular formula is C21H17N5O2S. The van der Waals surface area contributed by atoms with Gasteiger partial charge in [0.05, 0.1) is 22.0 Å². The number of nitrogens with zero attached hydrogens (tertiary/aromatic N) is 3. The van der Waals surface area contributed by atoms with Crippen LogP contribution in [0, 0.1) is 10.1 Å². The van der Waals surface area contributed by atoms with Crippen LogP contribution in [-0.4, -0.2) is 22.6 Å². The summed E-state index contributed by atoms with van der Waals surface area (Å²) in [6.45, 7) is 0. The van der Waals surface area contributed by atoms with E-state index in [0.29, 0.717) is 5.17 Å². The van der Waals surface area contributed by atoms with Gasteiger partial charge in [0, 0.05) is 17.7 Å². The Balaban J connectivity index is 1.63. The highest BCUT2D eigenvalue weighted by Crippen LogP contribution is 2.32. The van der Waals surface area contributed by atoms with Gasteiger partial charge in [-0.2, -0.15) is 0 Å². The minimum atomic E-state index is -0.419. The van der Waals surface area contributed by atoms with Crippen LogP contribution in [0.15, 0.2) is 83.9 Å². The fourth-order valence-corrected chi connectivity index (χ4v) is 3.33. The van der Waals surface area contributed by atoms with E-state index >= 15 is 0 Å². The molecule has 7 nitrogen and oxygen atoms in total. The number of amidine groups is 1. The molecule has 1 aliphatic rings. The van der Waals surface area contributed by atoms with Crippen LogP contribution in [0.1, 0.15) is 5.56 Å². The number of non-ortho nitro benzene ring substituents is 1. The van der Waals surface area contributed by atoms with E-state index in [1.54, 1.807) is 18.3 Å². The van der Waals surface area contributed by atoms with Gasteiger partial charge in [-0.25, -0.2) is 4.99 Å². The molecule has 0 fully saturated rings. The van der Waals surface area contributed by atoms with Gasteiger partial charge in [0.25, 0.3) is 5.69 Å². The summed E-state index contributed by atoms with van der Waals surface area (Å²) in [6, 6.07) is 23.7. The molecule has 0 amide bonds. The van der Waals surface area contributed by atoms with E-state index in [-0.39, 0.29) is 12.0 Å². The van der Waals surface area contributed by atoms with Gasteiger partial charge in [0.1, 0.15) is 0 Å². The summed E-state index contributed by atoms with van der Waals surface area (Å²) >= 11 is 5.62. The zero-order valence-electron chi connectivity index (χ0n) is 15.2. The van der Waals surface area contributed by atoms with Crippen LogP contribution in [0.25, 0.3) is 0 Å². The lowest BCUT2D eigenvalue weighted by molar-refractivity contribution is -0.485. The van der Waals surface area contributed by atoms with E-state index in [4.69, 9.17) is 12.6 Å². The molecule has 0 bridgehead atoms. The number of rotatable bonds is 4. The van der Waals surface area contributed by atoms with E-state index in [1.165, 1.54) is 12.1 Å². The number of nitro groups is 1. The van der Waals surface area contributed by atoms with Gasteiger partial charge in [-0.3, -0.25) is 20.0 Å². The maximum atomic E-state index is 10.8. The summed E-state index contributed by atoms with van der Waals surface area (Å²) in [5.74, 6) is 0. The topological polar surface area (TPSA) is 84.7 Å². The molecule has 1 aliphatic heterocycles. The van der Waals surface area contributed by atoms with Crippen molar-refractivity contribution in [1.82, 2.24) is 0 Å². The van der Waals surface area contributed by atoms with Crippen molar-refractivity contribution < 1.29 is 9.92 Å². The summed E-state index contributed by atoms with van der Waals surface area (Å²) in [5, 5.41) is 14.6. The predicted octanol–water partition coefficient (Wildman–Crippen LogP) is 2.54. The van der Waals surface area contributed by atoms with Gasteiger partial charge < -0.3 is 17.9 Å². The molecule has 144 valence electrons. The molecule has 0 aromatic heterocycles. The van der Waals surface area contributed by atoms with Crippen molar-refractivity contribution in [2.24, 2.45) is 4.99 Å². The van der Waals surface area contributed by atoms with Crippen molar-refractivity contribution in [2.75, 3.05) is 10.2 Å². The van der Waals surface area contributed by atoms with E-state index in [9.17, 15) is 10.1 Å². The molecule has 29 heavy (non-hydrogen) atoms. The van der Waals surface area contributed by atoms with Gasteiger partial charge in [-0.1, -0.05) is 30.3 Å². The smallest absolute Gasteiger partial charge is 0.311 e. The van der Waals surface area contributed by atoms with Crippen LogP contribution >= 0.6 is 0 Å². The van der Waals surface area contributed by atoms with Crippen LogP contribution in [0.3, 0.4) is 0 Å². The van der Waals surface area contributed by atoms with Crippen LogP contribution in [0.4, 0.5) is 22.7 Å². The first kappa shape index (κ1) is 18.6. The summed E-state index contributed by atoms with van der Waals surface area (Å²) < 4.78 is 0. The minimum absolute atomic E-state index is 0.0537. The molecule has 0 spiro atoms. The molecule has 8 heteroatoms. The average Bonchev–Trinajstić information content (AvgIpc) is 3.12. The molecule has 1 unspecified atom stereocenters. The van der Waals surface area contributed by atoms with Crippen molar-refractivity contribution in [2.45, 2.75) is 6.29 Å². The third kappa shape index (κ3) is 4.07. The van der Waals surface area contributed by atoms with E-state index in [2.05, 4.69) is 15.3 Å². The molecule has 0 saturated carbocycles. The van der Waals surface area contributed by atoms with Crippen molar-refractivity contribution >= 4 is 46.8 Å². The lowest BCUT2D eigenvalue weighted by atomic mass is 10.2. The lowest BCUT2D eigenvalue weighted by Gasteiger charge is -2.26. The first-order chi connectivity index (χ1) is 14.1. The fraction of sp³-hybridized carbons (Fsp3) is 0.0476. The summed E-state index contributed by atoms with van der Waals surface area (Å²) in [7, 11) is 0. The zero-order valence-corrected chi connectivity index (χ0v) is 16.0. The second-order valence-corrected chi connectivity index (χ2v) is 6.69. The van der Waals surface area contributed by atoms with Crippen LogP contribution in [0.5, 0.6) is 0 Å². The van der Waals surface area contributed by atoms with Crippen molar-refractivity contribution in [1.29, 1.82) is 0 Å². The number of benzene rings is 3. The molecule has 1 heterocycles. The SMILES string of the molecule is O=[N+]([O-])c1ccc(/C=[NH+]/C2Nc3ccccc3N2C([S-])=Nc2ccccc2)cc1. The number of nitrogens with one attached hydrogen (secondary N) is 2. The first-order valence-electron chi connectivity index (χ1n) is 8.91. The normalized spacial score (nSPS) is 15.9. The highest BCUT2D eigenvalue weighted by atomic mass is 32.1. The van der Waals surface area contributed by atoms with Crippen LogP contribution in [0.2, 0.25) is 0 Å². The van der Waals surface area contributed by atoms with Crippen molar-refractivity contribution in [3.63, 3.8) is 0 Å². The van der Waals surface area contributed by atoms with Crippen molar-refractivity contribution in [3.8, 4) is 0 Å². The monoisotopic (exact) mass is 403 g/mol. The Morgan fingerprint density at radius 1 is 1.07 bits per heavy atom. The lowest BCUT2D eigenvalue weighted by Crippen LogP contribution is -2.83. The second-order valence-electron chi connectivity index (χ2n) is 6.32. The quantitative estimate of drug-likeness (QED) is 0.230. The largest absolute Gasteiger partial charge is 0.742 e. The summed E-state index contributed by atoms with van der Waals surface area (Å²) in [4.78, 5) is 20.1. The number of fused-ring (bicyclic) bond motifs is 1. The number of anilines is 2. The van der Waals surface area contributed by atoms with E-state index in [1.807, 2.05) is 59.5 Å². The van der Waals surface area contributed by atoms with Gasteiger partial charge in [-0.05, 0) is 41.6 Å². The maximum Gasteiger partial charge on any atom is 0.311 e. The second kappa shape index (κ2) is 8.07. The third-order valence-corrected chi connectivity index (χ3v) is 4.70. The minimum Gasteiger partial charge on any atom is -0.742 e. The van der Waals surface area contributed by atoms with Gasteiger partial charge in [0.15, 0.2) is 6.21 Å². The predicted molar refractivity (Wildman–Crippen MR) is 116 cm³/mol. The standard InChI is InChI=1S/C21H17N5O2S/c27-26(28)17-12-10-15(11-13-17)14-22-20-24-18-8-4-5-9-19(18)25(20)21(29)23-16-6-2-1-3-7-16/h1-14,20,24H,(H,23,29)/b22-14+. The van der Waals surface area contributed by atoms with Gasteiger partial charge in [-0.15, -0.1) is 0 Å². The Labute approximate surface area is 173 Å². The molecule has 0 radical (unpaired) electrons. The van der Waals surface area contributed by atoms with E-state index in [0.717, 1.165) is 22.6 Å². The molecule has 1 atom stereocenters. The van der Waals surface area contributed by atoms with Crippen LogP contribution < -0.4 is 15.2 Å². The Bertz CT molecular complexity index is 1080. The number of aliphatic imine (C=N–C) groups is 1. The Kier molecular flexibility index (Phi) is 5.17. The maximum absolute atomic E-state index is 10.8. The zero-order chi connectivity index (χ0) is 20.2. The molecule has 0 aliphatic carbocycles. The molecule has 4 rings (SSSR count). The van der Waals surface area contributed by atoms with Crippen LogP contribution in [-0.2, 0) is 12.6 Å². The van der Waals surface area contributed by atoms with Gasteiger partial charge >= 0.3 is 6.29 Å². The number of hydrogen-bond donors (Lipinski definition) is 2. The highest BCUT2D eigenvalue weighted by molar-refractivity contribution is 7.77. The van der Waals surface area contributed by atoms with E-state index < -0.39 is 4.92 Å². The number of hydrogen-bond acceptors (Lipinski definition) is 5. The molecule has 2 N–H and O–H groups in total. The Morgan fingerprint density at radius 2 is 1.76 bits per heavy atom. The molecule has 3 aromatic carbocycles. The van der Waals surface area contributed by atoms with Crippen molar-refractivity contribution in [3.05, 3.63) is 94.5 Å².